The molecule has 0 aliphatic heterocycles. The van der Waals surface area contributed by atoms with Gasteiger partial charge in [0.2, 0.25) is 0 Å². The van der Waals surface area contributed by atoms with E-state index >= 15 is 0 Å². The number of aliphatic hydroxyl groups excluding tert-OH is 2. The Morgan fingerprint density at radius 3 is 2.35 bits per heavy atom. The fourth-order valence-corrected chi connectivity index (χ4v) is 3.71. The molecule has 2 N–H and O–H groups in total. The summed E-state index contributed by atoms with van der Waals surface area (Å²) in [5.41, 5.74) is 1.11. The Kier molecular flexibility index (Phi) is 7.95. The van der Waals surface area contributed by atoms with E-state index in [0.717, 1.165) is 18.4 Å². The second kappa shape index (κ2) is 8.93. The second-order valence-electron chi connectivity index (χ2n) is 5.05. The van der Waals surface area contributed by atoms with E-state index in [4.69, 9.17) is 0 Å². The summed E-state index contributed by atoms with van der Waals surface area (Å²) >= 11 is 3.32. The lowest BCUT2D eigenvalue weighted by Gasteiger charge is -2.22. The average molecular weight is 363 g/mol. The zero-order valence-corrected chi connectivity index (χ0v) is 14.4. The SMILES string of the molecule is CCCC[C@@H](O)[C@H](Br)[C@H](O)CS(=O)c1ccc(C)cc1. The van der Waals surface area contributed by atoms with Crippen molar-refractivity contribution in [3.8, 4) is 0 Å². The lowest BCUT2D eigenvalue weighted by Crippen LogP contribution is -2.36. The molecule has 114 valence electrons. The number of rotatable bonds is 8. The van der Waals surface area contributed by atoms with Gasteiger partial charge in [-0.1, -0.05) is 53.4 Å². The van der Waals surface area contributed by atoms with Crippen LogP contribution in [0.5, 0.6) is 0 Å². The fraction of sp³-hybridized carbons (Fsp3) is 0.600. The molecule has 0 heterocycles. The molecule has 3 nitrogen and oxygen atoms in total. The Bertz CT molecular complexity index is 422. The molecule has 1 rings (SSSR count). The second-order valence-corrected chi connectivity index (χ2v) is 7.60. The summed E-state index contributed by atoms with van der Waals surface area (Å²) in [4.78, 5) is 0.265. The van der Waals surface area contributed by atoms with Gasteiger partial charge in [-0.2, -0.15) is 0 Å². The lowest BCUT2D eigenvalue weighted by molar-refractivity contribution is 0.0962. The van der Waals surface area contributed by atoms with Crippen molar-refractivity contribution in [3.05, 3.63) is 29.8 Å². The number of halogens is 1. The summed E-state index contributed by atoms with van der Waals surface area (Å²) in [6.45, 7) is 4.03. The number of aryl methyl sites for hydroxylation is 1. The van der Waals surface area contributed by atoms with E-state index in [1.807, 2.05) is 31.2 Å². The molecule has 0 fully saturated rings. The van der Waals surface area contributed by atoms with Gasteiger partial charge in [0.1, 0.15) is 0 Å². The minimum absolute atomic E-state index is 0.127. The molecular weight excluding hydrogens is 340 g/mol. The van der Waals surface area contributed by atoms with E-state index in [0.29, 0.717) is 11.3 Å². The first-order valence-corrected chi connectivity index (χ1v) is 9.14. The van der Waals surface area contributed by atoms with Gasteiger partial charge in [-0.3, -0.25) is 4.21 Å². The summed E-state index contributed by atoms with van der Waals surface area (Å²) in [6.07, 6.45) is 1.11. The number of hydrogen-bond acceptors (Lipinski definition) is 3. The molecule has 5 heteroatoms. The summed E-state index contributed by atoms with van der Waals surface area (Å²) in [5, 5.41) is 20.0. The third kappa shape index (κ3) is 5.64. The van der Waals surface area contributed by atoms with Gasteiger partial charge in [-0.15, -0.1) is 0 Å². The van der Waals surface area contributed by atoms with Crippen molar-refractivity contribution in [1.82, 2.24) is 0 Å². The molecule has 1 aromatic rings. The van der Waals surface area contributed by atoms with Crippen LogP contribution in [0, 0.1) is 6.92 Å². The Labute approximate surface area is 132 Å². The highest BCUT2D eigenvalue weighted by Gasteiger charge is 2.25. The predicted molar refractivity (Wildman–Crippen MR) is 86.7 cm³/mol. The maximum atomic E-state index is 12.2. The average Bonchev–Trinajstić information content (AvgIpc) is 2.44. The summed E-state index contributed by atoms with van der Waals surface area (Å²) in [6, 6.07) is 7.44. The summed E-state index contributed by atoms with van der Waals surface area (Å²) in [5.74, 6) is 0.127. The van der Waals surface area contributed by atoms with Crippen molar-refractivity contribution < 1.29 is 14.4 Å². The van der Waals surface area contributed by atoms with Gasteiger partial charge in [-0.25, -0.2) is 0 Å². The Balaban J connectivity index is 2.54. The van der Waals surface area contributed by atoms with Crippen LogP contribution in [0.25, 0.3) is 0 Å². The molecule has 0 aliphatic carbocycles. The van der Waals surface area contributed by atoms with Crippen molar-refractivity contribution >= 4 is 26.7 Å². The van der Waals surface area contributed by atoms with E-state index < -0.39 is 27.8 Å². The number of aliphatic hydroxyl groups is 2. The van der Waals surface area contributed by atoms with Crippen molar-refractivity contribution in [2.75, 3.05) is 5.75 Å². The normalized spacial score (nSPS) is 17.4. The minimum Gasteiger partial charge on any atom is -0.392 e. The van der Waals surface area contributed by atoms with Gasteiger partial charge in [0.05, 0.1) is 33.6 Å². The standard InChI is InChI=1S/C15H23BrO3S/c1-3-4-5-13(17)15(16)14(18)10-20(19)12-8-6-11(2)7-9-12/h6-9,13-15,17-18H,3-5,10H2,1-2H3/t13-,14-,15+,20?/m1/s1. The van der Waals surface area contributed by atoms with Crippen LogP contribution in [-0.4, -0.2) is 37.2 Å². The molecule has 0 aromatic heterocycles. The van der Waals surface area contributed by atoms with Crippen LogP contribution in [0.15, 0.2) is 29.2 Å². The molecule has 0 radical (unpaired) electrons. The quantitative estimate of drug-likeness (QED) is 0.699. The fourth-order valence-electron chi connectivity index (χ4n) is 1.86. The Morgan fingerprint density at radius 2 is 1.80 bits per heavy atom. The zero-order chi connectivity index (χ0) is 15.1. The molecule has 0 saturated heterocycles. The van der Waals surface area contributed by atoms with Gasteiger partial charge in [-0.05, 0) is 25.5 Å². The molecule has 4 atom stereocenters. The summed E-state index contributed by atoms with van der Waals surface area (Å²) < 4.78 is 12.2. The van der Waals surface area contributed by atoms with Crippen LogP contribution in [-0.2, 0) is 10.8 Å². The molecule has 0 spiro atoms. The van der Waals surface area contributed by atoms with Crippen LogP contribution in [0.1, 0.15) is 31.7 Å². The van der Waals surface area contributed by atoms with Gasteiger partial charge in [0.15, 0.2) is 0 Å². The van der Waals surface area contributed by atoms with Crippen LogP contribution in [0.2, 0.25) is 0 Å². The number of unbranched alkanes of at least 4 members (excludes halogenated alkanes) is 1. The van der Waals surface area contributed by atoms with E-state index in [9.17, 15) is 14.4 Å². The first-order valence-electron chi connectivity index (χ1n) is 6.91. The topological polar surface area (TPSA) is 57.5 Å². The Morgan fingerprint density at radius 1 is 1.20 bits per heavy atom. The lowest BCUT2D eigenvalue weighted by atomic mass is 10.1. The molecule has 1 aromatic carbocycles. The molecule has 20 heavy (non-hydrogen) atoms. The van der Waals surface area contributed by atoms with Crippen LogP contribution in [0.4, 0.5) is 0 Å². The largest absolute Gasteiger partial charge is 0.392 e. The smallest absolute Gasteiger partial charge is 0.0808 e. The molecule has 1 unspecified atom stereocenters. The predicted octanol–water partition coefficient (Wildman–Crippen LogP) is 2.78. The molecule has 0 bridgehead atoms. The number of alkyl halides is 1. The number of hydrogen-bond donors (Lipinski definition) is 2. The maximum absolute atomic E-state index is 12.2. The highest BCUT2D eigenvalue weighted by atomic mass is 79.9. The zero-order valence-electron chi connectivity index (χ0n) is 12.0. The van der Waals surface area contributed by atoms with Crippen LogP contribution < -0.4 is 0 Å². The van der Waals surface area contributed by atoms with E-state index in [-0.39, 0.29) is 5.75 Å². The van der Waals surface area contributed by atoms with E-state index in [2.05, 4.69) is 22.9 Å². The van der Waals surface area contributed by atoms with Gasteiger partial charge in [0, 0.05) is 4.90 Å². The maximum Gasteiger partial charge on any atom is 0.0808 e. The first kappa shape index (κ1) is 17.8. The Hall–Kier alpha value is -0.230. The molecular formula is C15H23BrO3S. The van der Waals surface area contributed by atoms with Crippen molar-refractivity contribution in [2.45, 2.75) is 55.0 Å². The van der Waals surface area contributed by atoms with Crippen LogP contribution >= 0.6 is 15.9 Å². The molecule has 0 aliphatic rings. The summed E-state index contributed by atoms with van der Waals surface area (Å²) in [7, 11) is -1.26. The molecule has 0 saturated carbocycles. The van der Waals surface area contributed by atoms with Crippen molar-refractivity contribution in [2.24, 2.45) is 0 Å². The van der Waals surface area contributed by atoms with E-state index in [1.54, 1.807) is 0 Å². The monoisotopic (exact) mass is 362 g/mol. The van der Waals surface area contributed by atoms with Crippen molar-refractivity contribution in [3.63, 3.8) is 0 Å². The van der Waals surface area contributed by atoms with E-state index in [1.165, 1.54) is 0 Å². The van der Waals surface area contributed by atoms with Gasteiger partial charge >= 0.3 is 0 Å². The number of benzene rings is 1. The van der Waals surface area contributed by atoms with Gasteiger partial charge in [0.25, 0.3) is 0 Å². The van der Waals surface area contributed by atoms with Gasteiger partial charge < -0.3 is 10.2 Å². The molecule has 0 amide bonds. The third-order valence-corrected chi connectivity index (χ3v) is 5.86. The highest BCUT2D eigenvalue weighted by Crippen LogP contribution is 2.18. The highest BCUT2D eigenvalue weighted by molar-refractivity contribution is 9.09. The van der Waals surface area contributed by atoms with Crippen molar-refractivity contribution in [1.29, 1.82) is 0 Å². The first-order chi connectivity index (χ1) is 9.45. The minimum atomic E-state index is -1.26. The third-order valence-electron chi connectivity index (χ3n) is 3.19. The van der Waals surface area contributed by atoms with Crippen LogP contribution in [0.3, 0.4) is 0 Å².